The van der Waals surface area contributed by atoms with Crippen LogP contribution < -0.4 is 15.5 Å². The first kappa shape index (κ1) is 18.4. The number of anilines is 3. The Bertz CT molecular complexity index is 998. The largest absolute Gasteiger partial charge is 0.369 e. The topological polar surface area (TPSA) is 85.9 Å². The molecule has 3 heterocycles. The third-order valence-corrected chi connectivity index (χ3v) is 4.91. The molecule has 0 aliphatic carbocycles. The molecule has 7 nitrogen and oxygen atoms in total. The lowest BCUT2D eigenvalue weighted by Crippen LogP contribution is -2.43. The van der Waals surface area contributed by atoms with E-state index in [0.29, 0.717) is 22.5 Å². The third-order valence-electron chi connectivity index (χ3n) is 4.91. The monoisotopic (exact) mass is 378 g/mol. The van der Waals surface area contributed by atoms with Crippen molar-refractivity contribution >= 4 is 34.1 Å². The molecule has 3 N–H and O–H groups in total. The Morgan fingerprint density at radius 1 is 1.21 bits per heavy atom. The van der Waals surface area contributed by atoms with Crippen LogP contribution >= 0.6 is 0 Å². The summed E-state index contributed by atoms with van der Waals surface area (Å²) in [5.74, 6) is 0.665. The van der Waals surface area contributed by atoms with Gasteiger partial charge in [0.2, 0.25) is 0 Å². The molecule has 4 rings (SSSR count). The summed E-state index contributed by atoms with van der Waals surface area (Å²) in [6, 6.07) is 8.29. The summed E-state index contributed by atoms with van der Waals surface area (Å²) in [6.07, 6.45) is 3.38. The second kappa shape index (κ2) is 7.24. The molecule has 1 aliphatic heterocycles. The van der Waals surface area contributed by atoms with Crippen LogP contribution in [0.1, 0.15) is 31.1 Å². The van der Waals surface area contributed by atoms with E-state index in [1.165, 1.54) is 5.69 Å². The van der Waals surface area contributed by atoms with E-state index in [-0.39, 0.29) is 5.78 Å². The van der Waals surface area contributed by atoms with Gasteiger partial charge < -0.3 is 20.5 Å². The number of aromatic amines is 1. The number of hydrogen-bond donors (Lipinski definition) is 3. The van der Waals surface area contributed by atoms with Crippen molar-refractivity contribution in [3.63, 3.8) is 0 Å². The summed E-state index contributed by atoms with van der Waals surface area (Å²) < 4.78 is 0. The van der Waals surface area contributed by atoms with Crippen LogP contribution in [-0.2, 0) is 0 Å². The highest BCUT2D eigenvalue weighted by molar-refractivity contribution is 6.08. The molecule has 0 saturated carbocycles. The van der Waals surface area contributed by atoms with Gasteiger partial charge in [-0.3, -0.25) is 4.79 Å². The number of nitrogens with one attached hydrogen (secondary N) is 3. The minimum atomic E-state index is -0.474. The van der Waals surface area contributed by atoms with E-state index in [1.54, 1.807) is 12.4 Å². The Hall–Kier alpha value is -2.93. The molecule has 0 spiro atoms. The lowest BCUT2D eigenvalue weighted by molar-refractivity contribution is 0.0860. The Labute approximate surface area is 164 Å². The van der Waals surface area contributed by atoms with Gasteiger partial charge in [0.15, 0.2) is 11.4 Å². The molecule has 0 unspecified atom stereocenters. The minimum absolute atomic E-state index is 0.0471. The van der Waals surface area contributed by atoms with Crippen molar-refractivity contribution in [1.82, 2.24) is 20.3 Å². The molecule has 0 radical (unpaired) electrons. The molecule has 3 aromatic rings. The fraction of sp³-hybridized carbons (Fsp3) is 0.381. The maximum atomic E-state index is 12.7. The summed E-state index contributed by atoms with van der Waals surface area (Å²) in [5, 5.41) is 6.70. The summed E-state index contributed by atoms with van der Waals surface area (Å²) in [4.78, 5) is 27.2. The van der Waals surface area contributed by atoms with E-state index in [4.69, 9.17) is 0 Å². The smallest absolute Gasteiger partial charge is 0.171 e. The Morgan fingerprint density at radius 3 is 2.75 bits per heavy atom. The van der Waals surface area contributed by atoms with Crippen LogP contribution in [0.4, 0.5) is 17.2 Å². The van der Waals surface area contributed by atoms with E-state index < -0.39 is 5.41 Å². The van der Waals surface area contributed by atoms with E-state index in [0.717, 1.165) is 31.9 Å². The summed E-state index contributed by atoms with van der Waals surface area (Å²) in [6.45, 7) is 9.71. The van der Waals surface area contributed by atoms with Gasteiger partial charge in [0.25, 0.3) is 0 Å². The molecule has 1 saturated heterocycles. The zero-order valence-electron chi connectivity index (χ0n) is 16.5. The molecular formula is C21H26N6O. The van der Waals surface area contributed by atoms with Gasteiger partial charge in [-0.05, 0) is 18.2 Å². The Balaban J connectivity index is 1.61. The van der Waals surface area contributed by atoms with Crippen LogP contribution in [-0.4, -0.2) is 46.9 Å². The molecule has 1 aliphatic rings. The SMILES string of the molecule is CC(C)(C)C(=O)c1c[nH]c2ncc(Nc3cccc(N4CCNCC4)c3)nc12. The number of fused-ring (bicyclic) bond motifs is 1. The molecule has 0 bridgehead atoms. The fourth-order valence-electron chi connectivity index (χ4n) is 3.38. The molecule has 146 valence electrons. The van der Waals surface area contributed by atoms with Gasteiger partial charge in [0.1, 0.15) is 11.3 Å². The first-order valence-corrected chi connectivity index (χ1v) is 9.63. The average Bonchev–Trinajstić information content (AvgIpc) is 3.10. The first-order chi connectivity index (χ1) is 13.4. The molecule has 28 heavy (non-hydrogen) atoms. The van der Waals surface area contributed by atoms with E-state index in [9.17, 15) is 4.79 Å². The van der Waals surface area contributed by atoms with Gasteiger partial charge in [-0.25, -0.2) is 9.97 Å². The number of carbonyl (C=O) groups is 1. The first-order valence-electron chi connectivity index (χ1n) is 9.63. The summed E-state index contributed by atoms with van der Waals surface area (Å²) in [5.41, 5.74) is 3.46. The van der Waals surface area contributed by atoms with Crippen molar-refractivity contribution in [2.45, 2.75) is 20.8 Å². The second-order valence-corrected chi connectivity index (χ2v) is 8.15. The van der Waals surface area contributed by atoms with Crippen molar-refractivity contribution in [2.75, 3.05) is 36.4 Å². The maximum Gasteiger partial charge on any atom is 0.171 e. The summed E-state index contributed by atoms with van der Waals surface area (Å²) in [7, 11) is 0. The highest BCUT2D eigenvalue weighted by Crippen LogP contribution is 2.27. The van der Waals surface area contributed by atoms with Crippen molar-refractivity contribution in [1.29, 1.82) is 0 Å². The lowest BCUT2D eigenvalue weighted by Gasteiger charge is -2.29. The van der Waals surface area contributed by atoms with Gasteiger partial charge in [-0.2, -0.15) is 0 Å². The highest BCUT2D eigenvalue weighted by Gasteiger charge is 2.26. The van der Waals surface area contributed by atoms with Gasteiger partial charge in [-0.1, -0.05) is 26.8 Å². The zero-order valence-corrected chi connectivity index (χ0v) is 16.5. The summed E-state index contributed by atoms with van der Waals surface area (Å²) >= 11 is 0. The molecular weight excluding hydrogens is 352 g/mol. The van der Waals surface area contributed by atoms with Gasteiger partial charge in [-0.15, -0.1) is 0 Å². The quantitative estimate of drug-likeness (QED) is 0.604. The molecule has 0 amide bonds. The van der Waals surface area contributed by atoms with Crippen LogP contribution in [0, 0.1) is 5.41 Å². The van der Waals surface area contributed by atoms with Gasteiger partial charge in [0.05, 0.1) is 11.8 Å². The van der Waals surface area contributed by atoms with Crippen LogP contribution in [0.3, 0.4) is 0 Å². The molecule has 1 fully saturated rings. The van der Waals surface area contributed by atoms with E-state index in [2.05, 4.69) is 42.6 Å². The predicted octanol–water partition coefficient (Wildman–Crippen LogP) is 3.34. The lowest BCUT2D eigenvalue weighted by atomic mass is 9.87. The molecule has 0 atom stereocenters. The molecule has 7 heteroatoms. The number of H-pyrrole nitrogens is 1. The van der Waals surface area contributed by atoms with Crippen LogP contribution in [0.25, 0.3) is 11.2 Å². The van der Waals surface area contributed by atoms with E-state index in [1.807, 2.05) is 32.9 Å². The second-order valence-electron chi connectivity index (χ2n) is 8.15. The van der Waals surface area contributed by atoms with Crippen molar-refractivity contribution in [2.24, 2.45) is 5.41 Å². The standard InChI is InChI=1S/C21H26N6O/c1-21(2,3)19(28)16-12-23-20-18(16)26-17(13-24-20)25-14-5-4-6-15(11-14)27-9-7-22-8-10-27/h4-6,11-13,22H,7-10H2,1-3H3,(H,23,24)(H,25,26). The number of Topliss-reactive ketones (excluding diaryl/α,β-unsaturated/α-hetero) is 1. The fourth-order valence-corrected chi connectivity index (χ4v) is 3.38. The van der Waals surface area contributed by atoms with Crippen LogP contribution in [0.2, 0.25) is 0 Å². The number of nitrogens with zero attached hydrogens (tertiary/aromatic N) is 3. The van der Waals surface area contributed by atoms with Crippen molar-refractivity contribution in [3.8, 4) is 0 Å². The molecule has 2 aromatic heterocycles. The number of piperazine rings is 1. The maximum absolute atomic E-state index is 12.7. The predicted molar refractivity (Wildman–Crippen MR) is 112 cm³/mol. The van der Waals surface area contributed by atoms with E-state index >= 15 is 0 Å². The number of benzene rings is 1. The zero-order chi connectivity index (χ0) is 19.7. The molecule has 1 aromatic carbocycles. The van der Waals surface area contributed by atoms with Crippen LogP contribution in [0.15, 0.2) is 36.7 Å². The number of carbonyl (C=O) groups excluding carboxylic acids is 1. The number of ketones is 1. The Morgan fingerprint density at radius 2 is 2.00 bits per heavy atom. The number of aromatic nitrogens is 3. The van der Waals surface area contributed by atoms with Gasteiger partial charge >= 0.3 is 0 Å². The third kappa shape index (κ3) is 3.71. The van der Waals surface area contributed by atoms with Crippen molar-refractivity contribution < 1.29 is 4.79 Å². The number of rotatable bonds is 4. The van der Waals surface area contributed by atoms with Crippen LogP contribution in [0.5, 0.6) is 0 Å². The minimum Gasteiger partial charge on any atom is -0.369 e. The highest BCUT2D eigenvalue weighted by atomic mass is 16.1. The van der Waals surface area contributed by atoms with Gasteiger partial charge in [0, 0.05) is 49.2 Å². The van der Waals surface area contributed by atoms with Crippen molar-refractivity contribution in [3.05, 3.63) is 42.2 Å². The normalized spacial score (nSPS) is 15.0. The Kier molecular flexibility index (Phi) is 4.77. The average molecular weight is 378 g/mol. The number of hydrogen-bond acceptors (Lipinski definition) is 6.